The Balaban J connectivity index is 1.97. The second-order valence-corrected chi connectivity index (χ2v) is 7.97. The van der Waals surface area contributed by atoms with Gasteiger partial charge < -0.3 is 15.0 Å². The Labute approximate surface area is 213 Å². The number of amides is 2. The minimum Gasteiger partial charge on any atom is -0.495 e. The molecule has 36 heavy (non-hydrogen) atoms. The Bertz CT molecular complexity index is 1310. The van der Waals surface area contributed by atoms with E-state index in [-0.39, 0.29) is 24.4 Å². The van der Waals surface area contributed by atoms with Gasteiger partial charge in [-0.05, 0) is 35.4 Å². The summed E-state index contributed by atoms with van der Waals surface area (Å²) < 4.78 is 5.17. The van der Waals surface area contributed by atoms with Crippen LogP contribution in [0.4, 0.5) is 11.4 Å². The second kappa shape index (κ2) is 12.3. The molecular weight excluding hydrogens is 482 g/mol. The monoisotopic (exact) mass is 505 g/mol. The van der Waals surface area contributed by atoms with E-state index in [0.717, 1.165) is 11.6 Å². The number of nitrogens with one attached hydrogen (secondary N) is 1. The Hall–Kier alpha value is -4.43. The highest BCUT2D eigenvalue weighted by Crippen LogP contribution is 2.30. The molecule has 0 fully saturated rings. The van der Waals surface area contributed by atoms with Crippen molar-refractivity contribution in [3.05, 3.63) is 118 Å². The largest absolute Gasteiger partial charge is 0.495 e. The summed E-state index contributed by atoms with van der Waals surface area (Å²) in [5, 5.41) is 14.5. The van der Waals surface area contributed by atoms with Crippen LogP contribution in [0.25, 0.3) is 5.57 Å². The maximum absolute atomic E-state index is 13.2. The topological polar surface area (TPSA) is 102 Å². The highest BCUT2D eigenvalue weighted by Gasteiger charge is 2.18. The summed E-state index contributed by atoms with van der Waals surface area (Å²) in [6.45, 7) is 3.79. The van der Waals surface area contributed by atoms with Crippen molar-refractivity contribution in [1.29, 1.82) is 0 Å². The second-order valence-electron chi connectivity index (χ2n) is 7.57. The highest BCUT2D eigenvalue weighted by molar-refractivity contribution is 6.32. The number of rotatable bonds is 10. The van der Waals surface area contributed by atoms with E-state index in [1.807, 2.05) is 30.3 Å². The molecule has 0 saturated heterocycles. The summed E-state index contributed by atoms with van der Waals surface area (Å²) in [5.74, 6) is -0.423. The number of carbonyl (C=O) groups excluding carboxylic acids is 2. The first kappa shape index (κ1) is 26.2. The van der Waals surface area contributed by atoms with Crippen LogP contribution in [0, 0.1) is 10.1 Å². The van der Waals surface area contributed by atoms with Crippen molar-refractivity contribution in [3.63, 3.8) is 0 Å². The van der Waals surface area contributed by atoms with Gasteiger partial charge in [0.15, 0.2) is 0 Å². The van der Waals surface area contributed by atoms with Gasteiger partial charge in [-0.15, -0.1) is 0 Å². The molecule has 3 rings (SSSR count). The van der Waals surface area contributed by atoms with E-state index in [9.17, 15) is 19.7 Å². The maximum atomic E-state index is 13.2. The van der Waals surface area contributed by atoms with Crippen LogP contribution in [0.2, 0.25) is 5.02 Å². The standard InChI is InChI=1S/C27H24ClN3O5/c1-3-26(32)30(21-12-13-25(36-2)24(28)17-21)15-14-23(20-10-7-11-22(16-20)31(34)35)27(33)29-18-19-8-5-4-6-9-19/h3-14,16-17H,1,15,18H2,2H3,(H,29,33). The predicted molar refractivity (Wildman–Crippen MR) is 140 cm³/mol. The minimum absolute atomic E-state index is 0.0235. The number of benzene rings is 3. The van der Waals surface area contributed by atoms with Crippen LogP contribution in [0.3, 0.4) is 0 Å². The molecule has 2 amide bonds. The molecule has 0 radical (unpaired) electrons. The number of methoxy groups -OCH3 is 1. The number of halogens is 1. The minimum atomic E-state index is -0.532. The van der Waals surface area contributed by atoms with Crippen molar-refractivity contribution in [2.75, 3.05) is 18.6 Å². The Morgan fingerprint density at radius 2 is 1.86 bits per heavy atom. The van der Waals surface area contributed by atoms with Crippen molar-refractivity contribution < 1.29 is 19.2 Å². The quantitative estimate of drug-likeness (QED) is 0.232. The van der Waals surface area contributed by atoms with Crippen molar-refractivity contribution >= 4 is 40.4 Å². The summed E-state index contributed by atoms with van der Waals surface area (Å²) in [5.41, 5.74) is 1.71. The van der Waals surface area contributed by atoms with Crippen LogP contribution in [0.15, 0.2) is 91.5 Å². The number of hydrogen-bond donors (Lipinski definition) is 1. The fourth-order valence-corrected chi connectivity index (χ4v) is 3.69. The molecule has 0 saturated carbocycles. The molecule has 0 aliphatic heterocycles. The fraction of sp³-hybridized carbons (Fsp3) is 0.111. The number of ether oxygens (including phenoxy) is 1. The number of nitrogens with zero attached hydrogens (tertiary/aromatic N) is 2. The van der Waals surface area contributed by atoms with Crippen LogP contribution < -0.4 is 15.0 Å². The van der Waals surface area contributed by atoms with Gasteiger partial charge in [-0.3, -0.25) is 19.7 Å². The van der Waals surface area contributed by atoms with E-state index < -0.39 is 16.7 Å². The van der Waals surface area contributed by atoms with E-state index >= 15 is 0 Å². The molecule has 3 aromatic carbocycles. The van der Waals surface area contributed by atoms with E-state index in [1.54, 1.807) is 30.3 Å². The molecule has 0 unspecified atom stereocenters. The smallest absolute Gasteiger partial charge is 0.270 e. The van der Waals surface area contributed by atoms with Gasteiger partial charge in [-0.2, -0.15) is 0 Å². The molecule has 0 aromatic heterocycles. The molecule has 8 nitrogen and oxygen atoms in total. The van der Waals surface area contributed by atoms with Gasteiger partial charge in [-0.25, -0.2) is 0 Å². The summed E-state index contributed by atoms with van der Waals surface area (Å²) in [6.07, 6.45) is 2.69. The molecule has 0 aliphatic carbocycles. The number of non-ortho nitro benzene ring substituents is 1. The van der Waals surface area contributed by atoms with Crippen molar-refractivity contribution in [2.24, 2.45) is 0 Å². The van der Waals surface area contributed by atoms with Crippen LogP contribution in [0.5, 0.6) is 5.75 Å². The van der Waals surface area contributed by atoms with Gasteiger partial charge in [0.1, 0.15) is 5.75 Å². The third kappa shape index (κ3) is 6.58. The number of anilines is 1. The number of nitro benzene ring substituents is 1. The SMILES string of the molecule is C=CC(=O)N(CC=C(C(=O)NCc1ccccc1)c1cccc([N+](=O)[O-])c1)c1ccc(OC)c(Cl)c1. The molecule has 0 spiro atoms. The first-order valence-electron chi connectivity index (χ1n) is 10.9. The van der Waals surface area contributed by atoms with E-state index in [2.05, 4.69) is 11.9 Å². The third-order valence-electron chi connectivity index (χ3n) is 5.27. The van der Waals surface area contributed by atoms with E-state index in [1.165, 1.54) is 30.2 Å². The van der Waals surface area contributed by atoms with Gasteiger partial charge in [0.25, 0.3) is 17.5 Å². The molecule has 3 aromatic rings. The Morgan fingerprint density at radius 1 is 1.11 bits per heavy atom. The molecule has 0 bridgehead atoms. The zero-order valence-electron chi connectivity index (χ0n) is 19.5. The van der Waals surface area contributed by atoms with Crippen LogP contribution in [-0.2, 0) is 16.1 Å². The van der Waals surface area contributed by atoms with Gasteiger partial charge in [0, 0.05) is 36.5 Å². The first-order valence-corrected chi connectivity index (χ1v) is 11.3. The molecule has 1 N–H and O–H groups in total. The highest BCUT2D eigenvalue weighted by atomic mass is 35.5. The summed E-state index contributed by atoms with van der Waals surface area (Å²) in [7, 11) is 1.48. The molecule has 184 valence electrons. The normalized spacial score (nSPS) is 10.9. The average Bonchev–Trinajstić information content (AvgIpc) is 2.90. The Kier molecular flexibility index (Phi) is 8.96. The number of nitro groups is 1. The summed E-state index contributed by atoms with van der Waals surface area (Å²) in [6, 6.07) is 19.9. The number of hydrogen-bond acceptors (Lipinski definition) is 5. The lowest BCUT2D eigenvalue weighted by molar-refractivity contribution is -0.384. The summed E-state index contributed by atoms with van der Waals surface area (Å²) >= 11 is 6.24. The predicted octanol–water partition coefficient (Wildman–Crippen LogP) is 5.18. The molecule has 0 heterocycles. The Morgan fingerprint density at radius 3 is 2.50 bits per heavy atom. The summed E-state index contributed by atoms with van der Waals surface area (Å²) in [4.78, 5) is 38.0. The molecular formula is C27H24ClN3O5. The van der Waals surface area contributed by atoms with Crippen molar-refractivity contribution in [2.45, 2.75) is 6.54 Å². The van der Waals surface area contributed by atoms with E-state index in [4.69, 9.17) is 16.3 Å². The first-order chi connectivity index (χ1) is 17.3. The average molecular weight is 506 g/mol. The number of carbonyl (C=O) groups is 2. The molecule has 0 aliphatic rings. The van der Waals surface area contributed by atoms with Gasteiger partial charge in [0.05, 0.1) is 17.1 Å². The lowest BCUT2D eigenvalue weighted by atomic mass is 10.0. The maximum Gasteiger partial charge on any atom is 0.270 e. The van der Waals surface area contributed by atoms with Gasteiger partial charge in [-0.1, -0.05) is 66.7 Å². The van der Waals surface area contributed by atoms with Crippen LogP contribution in [0.1, 0.15) is 11.1 Å². The van der Waals surface area contributed by atoms with E-state index in [0.29, 0.717) is 22.0 Å². The zero-order chi connectivity index (χ0) is 26.1. The lowest BCUT2D eigenvalue weighted by Crippen LogP contribution is -2.30. The van der Waals surface area contributed by atoms with Crippen LogP contribution >= 0.6 is 11.6 Å². The van der Waals surface area contributed by atoms with Crippen molar-refractivity contribution in [3.8, 4) is 5.75 Å². The van der Waals surface area contributed by atoms with Gasteiger partial charge in [0.2, 0.25) is 0 Å². The van der Waals surface area contributed by atoms with Crippen molar-refractivity contribution in [1.82, 2.24) is 5.32 Å². The third-order valence-corrected chi connectivity index (χ3v) is 5.57. The van der Waals surface area contributed by atoms with Gasteiger partial charge >= 0.3 is 0 Å². The molecule has 9 heteroatoms. The zero-order valence-corrected chi connectivity index (χ0v) is 20.3. The molecule has 0 atom stereocenters. The lowest BCUT2D eigenvalue weighted by Gasteiger charge is -2.21. The fourth-order valence-electron chi connectivity index (χ4n) is 3.44. The van der Waals surface area contributed by atoms with Crippen LogP contribution in [-0.4, -0.2) is 30.4 Å².